The van der Waals surface area contributed by atoms with Crippen molar-refractivity contribution < 1.29 is 0 Å². The van der Waals surface area contributed by atoms with Crippen molar-refractivity contribution in [3.05, 3.63) is 23.9 Å². The molecule has 2 heteroatoms. The Balaban J connectivity index is 2.68. The molecule has 0 saturated heterocycles. The van der Waals surface area contributed by atoms with Crippen LogP contribution in [-0.4, -0.2) is 18.8 Å². The summed E-state index contributed by atoms with van der Waals surface area (Å²) < 4.78 is 0. The Labute approximate surface area is 74.1 Å². The van der Waals surface area contributed by atoms with E-state index < -0.39 is 0 Å². The Morgan fingerprint density at radius 1 is 1.67 bits per heavy atom. The van der Waals surface area contributed by atoms with Gasteiger partial charge in [0.1, 0.15) is 0 Å². The highest BCUT2D eigenvalue weighted by Gasteiger charge is 2.12. The molecule has 0 fully saturated rings. The molecule has 0 bridgehead atoms. The van der Waals surface area contributed by atoms with Crippen molar-refractivity contribution in [3.8, 4) is 0 Å². The lowest BCUT2D eigenvalue weighted by Crippen LogP contribution is -2.32. The van der Waals surface area contributed by atoms with Crippen LogP contribution in [0.5, 0.6) is 0 Å². The molecule has 0 saturated carbocycles. The third-order valence-electron chi connectivity index (χ3n) is 2.06. The second-order valence-corrected chi connectivity index (χ2v) is 3.23. The van der Waals surface area contributed by atoms with Crippen molar-refractivity contribution in [1.29, 1.82) is 0 Å². The zero-order valence-corrected chi connectivity index (χ0v) is 7.80. The molecule has 0 amide bonds. The van der Waals surface area contributed by atoms with Crippen LogP contribution in [0.3, 0.4) is 0 Å². The number of nitrogens with zero attached hydrogens (tertiary/aromatic N) is 1. The molecule has 1 aliphatic heterocycles. The van der Waals surface area contributed by atoms with Crippen molar-refractivity contribution >= 4 is 6.21 Å². The Hall–Kier alpha value is -0.890. The van der Waals surface area contributed by atoms with Crippen LogP contribution in [0.25, 0.3) is 0 Å². The van der Waals surface area contributed by atoms with Crippen LogP contribution in [0.4, 0.5) is 0 Å². The maximum Gasteiger partial charge on any atom is 0.0531 e. The van der Waals surface area contributed by atoms with Gasteiger partial charge in [0.25, 0.3) is 0 Å². The Bertz CT molecular complexity index is 226. The van der Waals surface area contributed by atoms with Crippen LogP contribution in [0.2, 0.25) is 0 Å². The molecule has 0 aromatic heterocycles. The van der Waals surface area contributed by atoms with E-state index in [-0.39, 0.29) is 0 Å². The topological polar surface area (TPSA) is 24.4 Å². The van der Waals surface area contributed by atoms with Gasteiger partial charge in [-0.2, -0.15) is 0 Å². The Morgan fingerprint density at radius 2 is 2.42 bits per heavy atom. The van der Waals surface area contributed by atoms with Gasteiger partial charge in [0.15, 0.2) is 0 Å². The molecule has 2 nitrogen and oxygen atoms in total. The predicted octanol–water partition coefficient (Wildman–Crippen LogP) is 1.90. The van der Waals surface area contributed by atoms with Crippen molar-refractivity contribution in [2.24, 2.45) is 4.99 Å². The second kappa shape index (κ2) is 4.21. The molecular weight excluding hydrogens is 148 g/mol. The van der Waals surface area contributed by atoms with Gasteiger partial charge in [0.2, 0.25) is 0 Å². The monoisotopic (exact) mass is 164 g/mol. The van der Waals surface area contributed by atoms with Gasteiger partial charge in [-0.15, -0.1) is 0 Å². The third kappa shape index (κ3) is 2.31. The van der Waals surface area contributed by atoms with Crippen molar-refractivity contribution in [2.75, 3.05) is 6.54 Å². The van der Waals surface area contributed by atoms with Crippen LogP contribution >= 0.6 is 0 Å². The molecule has 0 radical (unpaired) electrons. The van der Waals surface area contributed by atoms with Gasteiger partial charge in [0, 0.05) is 18.8 Å². The maximum atomic E-state index is 4.29. The van der Waals surface area contributed by atoms with Gasteiger partial charge in [-0.25, -0.2) is 0 Å². The summed E-state index contributed by atoms with van der Waals surface area (Å²) in [5.41, 5.74) is 2.55. The van der Waals surface area contributed by atoms with Crippen LogP contribution in [0.15, 0.2) is 28.9 Å². The quantitative estimate of drug-likeness (QED) is 0.619. The lowest BCUT2D eigenvalue weighted by atomic mass is 10.0. The van der Waals surface area contributed by atoms with E-state index in [1.807, 2.05) is 0 Å². The van der Waals surface area contributed by atoms with E-state index in [9.17, 15) is 0 Å². The maximum absolute atomic E-state index is 4.29. The molecule has 12 heavy (non-hydrogen) atoms. The van der Waals surface area contributed by atoms with E-state index in [1.165, 1.54) is 5.57 Å². The van der Waals surface area contributed by atoms with Gasteiger partial charge in [-0.05, 0) is 25.8 Å². The van der Waals surface area contributed by atoms with E-state index in [4.69, 9.17) is 0 Å². The molecule has 1 N–H and O–H groups in total. The summed E-state index contributed by atoms with van der Waals surface area (Å²) in [6, 6.07) is 0.590. The highest BCUT2D eigenvalue weighted by atomic mass is 15.0. The zero-order chi connectivity index (χ0) is 8.97. The van der Waals surface area contributed by atoms with Gasteiger partial charge in [0.05, 0.1) is 5.70 Å². The Kier molecular flexibility index (Phi) is 3.23. The predicted molar refractivity (Wildman–Crippen MR) is 53.5 cm³/mol. The molecule has 1 atom stereocenters. The average molecular weight is 164 g/mol. The number of aliphatic imine (C=N–C) groups is 1. The molecule has 0 spiro atoms. The third-order valence-corrected chi connectivity index (χ3v) is 2.06. The Morgan fingerprint density at radius 3 is 3.00 bits per heavy atom. The summed E-state index contributed by atoms with van der Waals surface area (Å²) in [5.74, 6) is 0. The average Bonchev–Trinajstić information content (AvgIpc) is 2.03. The molecular formula is C10H16N2. The molecule has 1 unspecified atom stereocenters. The summed E-state index contributed by atoms with van der Waals surface area (Å²) >= 11 is 0. The minimum atomic E-state index is 0.590. The zero-order valence-electron chi connectivity index (χ0n) is 7.80. The van der Waals surface area contributed by atoms with Crippen LogP contribution < -0.4 is 5.32 Å². The molecule has 1 aliphatic rings. The highest BCUT2D eigenvalue weighted by molar-refractivity contribution is 5.71. The van der Waals surface area contributed by atoms with Crippen LogP contribution in [-0.2, 0) is 0 Å². The standard InChI is InChI=1S/C10H16N2/c1-4-5-11-10-7-12-9(3)6-8(10)2/h4-5,9,12H,1,6-7H2,2-3H3. The summed E-state index contributed by atoms with van der Waals surface area (Å²) in [5, 5.41) is 3.37. The summed E-state index contributed by atoms with van der Waals surface area (Å²) in [6.07, 6.45) is 4.55. The first kappa shape index (κ1) is 9.20. The van der Waals surface area contributed by atoms with Gasteiger partial charge in [-0.1, -0.05) is 12.7 Å². The van der Waals surface area contributed by atoms with Crippen molar-refractivity contribution in [1.82, 2.24) is 5.32 Å². The van der Waals surface area contributed by atoms with Crippen LogP contribution in [0.1, 0.15) is 20.3 Å². The van der Waals surface area contributed by atoms with Crippen molar-refractivity contribution in [3.63, 3.8) is 0 Å². The number of allylic oxidation sites excluding steroid dienone is 1. The van der Waals surface area contributed by atoms with E-state index in [2.05, 4.69) is 30.7 Å². The minimum Gasteiger partial charge on any atom is -0.308 e. The normalized spacial score (nSPS) is 25.0. The molecule has 0 aromatic carbocycles. The first-order valence-electron chi connectivity index (χ1n) is 4.31. The summed E-state index contributed by atoms with van der Waals surface area (Å²) in [7, 11) is 0. The van der Waals surface area contributed by atoms with Gasteiger partial charge < -0.3 is 5.32 Å². The van der Waals surface area contributed by atoms with E-state index in [0.717, 1.165) is 18.7 Å². The fourth-order valence-electron chi connectivity index (χ4n) is 1.37. The lowest BCUT2D eigenvalue weighted by molar-refractivity contribution is 0.536. The largest absolute Gasteiger partial charge is 0.308 e. The number of rotatable bonds is 2. The lowest BCUT2D eigenvalue weighted by Gasteiger charge is -2.21. The summed E-state index contributed by atoms with van der Waals surface area (Å²) in [6.45, 7) is 8.82. The second-order valence-electron chi connectivity index (χ2n) is 3.23. The number of nitrogens with one attached hydrogen (secondary N) is 1. The van der Waals surface area contributed by atoms with E-state index in [1.54, 1.807) is 12.3 Å². The SMILES string of the molecule is C=CC=NC1=C(C)CC(C)NC1. The molecule has 0 aromatic rings. The highest BCUT2D eigenvalue weighted by Crippen LogP contribution is 2.15. The molecule has 0 aliphatic carbocycles. The van der Waals surface area contributed by atoms with E-state index >= 15 is 0 Å². The van der Waals surface area contributed by atoms with Crippen molar-refractivity contribution in [2.45, 2.75) is 26.3 Å². The van der Waals surface area contributed by atoms with Crippen LogP contribution in [0, 0.1) is 0 Å². The fourth-order valence-corrected chi connectivity index (χ4v) is 1.37. The molecule has 1 rings (SSSR count). The van der Waals surface area contributed by atoms with E-state index in [0.29, 0.717) is 6.04 Å². The first-order valence-corrected chi connectivity index (χ1v) is 4.31. The number of hydrogen-bond acceptors (Lipinski definition) is 2. The fraction of sp³-hybridized carbons (Fsp3) is 0.500. The van der Waals surface area contributed by atoms with Gasteiger partial charge >= 0.3 is 0 Å². The molecule has 66 valence electrons. The first-order chi connectivity index (χ1) is 5.74. The molecule has 1 heterocycles. The summed E-state index contributed by atoms with van der Waals surface area (Å²) in [4.78, 5) is 4.29. The smallest absolute Gasteiger partial charge is 0.0531 e. The van der Waals surface area contributed by atoms with Gasteiger partial charge in [-0.3, -0.25) is 4.99 Å². The number of hydrogen-bond donors (Lipinski definition) is 1. The minimum absolute atomic E-state index is 0.590.